The number of carbonyl (C=O) groups excluding carboxylic acids is 2. The molecule has 1 saturated heterocycles. The van der Waals surface area contributed by atoms with Crippen molar-refractivity contribution in [2.45, 2.75) is 13.0 Å². The largest absolute Gasteiger partial charge is 0.341 e. The van der Waals surface area contributed by atoms with Crippen LogP contribution in [0.2, 0.25) is 0 Å². The third kappa shape index (κ3) is 5.88. The Bertz CT molecular complexity index is 997. The van der Waals surface area contributed by atoms with Gasteiger partial charge >= 0.3 is 6.03 Å². The van der Waals surface area contributed by atoms with Gasteiger partial charge in [-0.3, -0.25) is 4.79 Å². The van der Waals surface area contributed by atoms with E-state index in [1.807, 2.05) is 77.5 Å². The van der Waals surface area contributed by atoms with Gasteiger partial charge in [-0.05, 0) is 41.5 Å². The molecule has 0 saturated carbocycles. The van der Waals surface area contributed by atoms with E-state index in [2.05, 4.69) is 15.7 Å². The summed E-state index contributed by atoms with van der Waals surface area (Å²) >= 11 is 1.89. The molecule has 0 unspecified atom stereocenters. The molecular formula is C23H25N5O2S. The van der Waals surface area contributed by atoms with Gasteiger partial charge in [-0.1, -0.05) is 24.3 Å². The zero-order valence-electron chi connectivity index (χ0n) is 17.2. The van der Waals surface area contributed by atoms with Crippen LogP contribution >= 0.6 is 11.8 Å². The van der Waals surface area contributed by atoms with Crippen LogP contribution in [0.4, 0.5) is 10.5 Å². The normalized spacial score (nSPS) is 13.6. The molecule has 2 aromatic carbocycles. The van der Waals surface area contributed by atoms with Crippen molar-refractivity contribution < 1.29 is 9.59 Å². The van der Waals surface area contributed by atoms with Crippen LogP contribution in [0, 0.1) is 0 Å². The van der Waals surface area contributed by atoms with Crippen molar-refractivity contribution in [3.8, 4) is 5.69 Å². The molecule has 3 amide bonds. The van der Waals surface area contributed by atoms with E-state index in [4.69, 9.17) is 0 Å². The van der Waals surface area contributed by atoms with Crippen molar-refractivity contribution in [1.82, 2.24) is 20.0 Å². The summed E-state index contributed by atoms with van der Waals surface area (Å²) in [6.45, 7) is 2.08. The first kappa shape index (κ1) is 21.0. The Labute approximate surface area is 185 Å². The minimum Gasteiger partial charge on any atom is -0.341 e. The van der Waals surface area contributed by atoms with Crippen molar-refractivity contribution in [1.29, 1.82) is 0 Å². The summed E-state index contributed by atoms with van der Waals surface area (Å²) in [4.78, 5) is 26.5. The molecule has 7 nitrogen and oxygen atoms in total. The lowest BCUT2D eigenvalue weighted by Gasteiger charge is -2.26. The first-order valence-electron chi connectivity index (χ1n) is 10.3. The highest BCUT2D eigenvalue weighted by molar-refractivity contribution is 7.99. The van der Waals surface area contributed by atoms with Gasteiger partial charge < -0.3 is 15.5 Å². The molecule has 160 valence electrons. The number of aromatic nitrogens is 2. The zero-order valence-corrected chi connectivity index (χ0v) is 18.0. The summed E-state index contributed by atoms with van der Waals surface area (Å²) in [5.41, 5.74) is 3.61. The summed E-state index contributed by atoms with van der Waals surface area (Å²) < 4.78 is 1.78. The number of amides is 3. The topological polar surface area (TPSA) is 79.3 Å². The molecule has 31 heavy (non-hydrogen) atoms. The molecule has 1 aliphatic heterocycles. The van der Waals surface area contributed by atoms with Crippen LogP contribution in [-0.4, -0.2) is 51.2 Å². The molecule has 0 atom stereocenters. The van der Waals surface area contributed by atoms with Crippen molar-refractivity contribution in [2.75, 3.05) is 29.9 Å². The van der Waals surface area contributed by atoms with E-state index in [-0.39, 0.29) is 11.9 Å². The molecule has 3 aromatic rings. The third-order valence-corrected chi connectivity index (χ3v) is 6.03. The van der Waals surface area contributed by atoms with E-state index in [0.717, 1.165) is 41.4 Å². The maximum Gasteiger partial charge on any atom is 0.319 e. The van der Waals surface area contributed by atoms with Crippen LogP contribution in [0.15, 0.2) is 67.0 Å². The number of nitrogens with one attached hydrogen (secondary N) is 2. The third-order valence-electron chi connectivity index (χ3n) is 5.09. The molecule has 8 heteroatoms. The highest BCUT2D eigenvalue weighted by Crippen LogP contribution is 2.14. The SMILES string of the molecule is O=C(NCc1ccc(-n2cccn2)cc1)Nc1ccc(CC(=O)N2CCSCC2)cc1. The highest BCUT2D eigenvalue weighted by atomic mass is 32.2. The molecule has 0 bridgehead atoms. The minimum atomic E-state index is -0.272. The van der Waals surface area contributed by atoms with Gasteiger partial charge in [0.05, 0.1) is 12.1 Å². The fourth-order valence-electron chi connectivity index (χ4n) is 3.35. The van der Waals surface area contributed by atoms with Crippen molar-refractivity contribution in [2.24, 2.45) is 0 Å². The van der Waals surface area contributed by atoms with Crippen LogP contribution in [0.1, 0.15) is 11.1 Å². The van der Waals surface area contributed by atoms with Crippen LogP contribution in [0.3, 0.4) is 0 Å². The van der Waals surface area contributed by atoms with Gasteiger partial charge in [0.1, 0.15) is 0 Å². The van der Waals surface area contributed by atoms with Gasteiger partial charge in [-0.25, -0.2) is 9.48 Å². The average molecular weight is 436 g/mol. The summed E-state index contributed by atoms with van der Waals surface area (Å²) in [6, 6.07) is 16.9. The molecule has 1 aromatic heterocycles. The van der Waals surface area contributed by atoms with Crippen LogP contribution in [0.25, 0.3) is 5.69 Å². The minimum absolute atomic E-state index is 0.164. The average Bonchev–Trinajstić information content (AvgIpc) is 3.35. The van der Waals surface area contributed by atoms with Gasteiger partial charge in [0, 0.05) is 49.2 Å². The van der Waals surface area contributed by atoms with Gasteiger partial charge in [0.25, 0.3) is 0 Å². The smallest absolute Gasteiger partial charge is 0.319 e. The molecule has 4 rings (SSSR count). The van der Waals surface area contributed by atoms with E-state index in [9.17, 15) is 9.59 Å². The lowest BCUT2D eigenvalue weighted by Crippen LogP contribution is -2.38. The lowest BCUT2D eigenvalue weighted by atomic mass is 10.1. The monoisotopic (exact) mass is 435 g/mol. The van der Waals surface area contributed by atoms with E-state index < -0.39 is 0 Å². The molecular weight excluding hydrogens is 410 g/mol. The maximum absolute atomic E-state index is 12.4. The van der Waals surface area contributed by atoms with E-state index >= 15 is 0 Å². The second-order valence-electron chi connectivity index (χ2n) is 7.29. The van der Waals surface area contributed by atoms with Crippen molar-refractivity contribution in [3.63, 3.8) is 0 Å². The number of anilines is 1. The van der Waals surface area contributed by atoms with Crippen molar-refractivity contribution in [3.05, 3.63) is 78.1 Å². The van der Waals surface area contributed by atoms with E-state index in [1.165, 1.54) is 0 Å². The number of hydrogen-bond acceptors (Lipinski definition) is 4. The van der Waals surface area contributed by atoms with Crippen LogP contribution in [-0.2, 0) is 17.8 Å². The number of nitrogens with zero attached hydrogens (tertiary/aromatic N) is 3. The predicted molar refractivity (Wildman–Crippen MR) is 123 cm³/mol. The highest BCUT2D eigenvalue weighted by Gasteiger charge is 2.16. The fourth-order valence-corrected chi connectivity index (χ4v) is 4.25. The van der Waals surface area contributed by atoms with Crippen LogP contribution < -0.4 is 10.6 Å². The predicted octanol–water partition coefficient (Wildman–Crippen LogP) is 3.31. The Morgan fingerprint density at radius 1 is 0.968 bits per heavy atom. The number of carbonyl (C=O) groups is 2. The Morgan fingerprint density at radius 2 is 1.68 bits per heavy atom. The van der Waals surface area contributed by atoms with Crippen LogP contribution in [0.5, 0.6) is 0 Å². The summed E-state index contributed by atoms with van der Waals surface area (Å²) in [6.07, 6.45) is 4.01. The molecule has 0 radical (unpaired) electrons. The van der Waals surface area contributed by atoms with E-state index in [0.29, 0.717) is 18.7 Å². The summed E-state index contributed by atoms with van der Waals surface area (Å²) in [5, 5.41) is 9.88. The molecule has 1 aliphatic rings. The Balaban J connectivity index is 1.23. The summed E-state index contributed by atoms with van der Waals surface area (Å²) in [7, 11) is 0. The number of benzene rings is 2. The molecule has 0 aliphatic carbocycles. The quantitative estimate of drug-likeness (QED) is 0.623. The van der Waals surface area contributed by atoms with Gasteiger partial charge in [0.2, 0.25) is 5.91 Å². The fraction of sp³-hybridized carbons (Fsp3) is 0.261. The number of rotatable bonds is 6. The van der Waals surface area contributed by atoms with Crippen molar-refractivity contribution >= 4 is 29.4 Å². The Hall–Kier alpha value is -3.26. The Morgan fingerprint density at radius 3 is 2.35 bits per heavy atom. The number of thioether (sulfide) groups is 1. The Kier molecular flexibility index (Phi) is 6.89. The van der Waals surface area contributed by atoms with E-state index in [1.54, 1.807) is 10.9 Å². The van der Waals surface area contributed by atoms with Gasteiger partial charge in [-0.15, -0.1) is 0 Å². The maximum atomic E-state index is 12.4. The zero-order chi connectivity index (χ0) is 21.5. The molecule has 2 heterocycles. The number of hydrogen-bond donors (Lipinski definition) is 2. The van der Waals surface area contributed by atoms with Gasteiger partial charge in [-0.2, -0.15) is 16.9 Å². The molecule has 2 N–H and O–H groups in total. The second kappa shape index (κ2) is 10.2. The first-order chi connectivity index (χ1) is 15.2. The number of urea groups is 1. The molecule has 0 spiro atoms. The second-order valence-corrected chi connectivity index (χ2v) is 8.52. The lowest BCUT2D eigenvalue weighted by molar-refractivity contribution is -0.130. The van der Waals surface area contributed by atoms with Gasteiger partial charge in [0.15, 0.2) is 0 Å². The molecule has 1 fully saturated rings. The first-order valence-corrected chi connectivity index (χ1v) is 11.4. The summed E-state index contributed by atoms with van der Waals surface area (Å²) in [5.74, 6) is 2.19. The standard InChI is InChI=1S/C23H25N5O2S/c29-22(27-12-14-31-15-13-27)16-18-2-6-20(7-3-18)26-23(30)24-17-19-4-8-21(9-5-19)28-11-1-10-25-28/h1-11H,12-17H2,(H2,24,26,30).